The molecule has 2 heterocycles. The van der Waals surface area contributed by atoms with E-state index in [-0.39, 0.29) is 11.4 Å². The van der Waals surface area contributed by atoms with E-state index in [4.69, 9.17) is 0 Å². The number of fused-ring (bicyclic) bond motifs is 2. The third kappa shape index (κ3) is 3.85. The summed E-state index contributed by atoms with van der Waals surface area (Å²) in [6, 6.07) is 17.3. The van der Waals surface area contributed by atoms with E-state index in [9.17, 15) is 4.79 Å². The predicted molar refractivity (Wildman–Crippen MR) is 115 cm³/mol. The van der Waals surface area contributed by atoms with Crippen molar-refractivity contribution < 1.29 is 4.79 Å². The van der Waals surface area contributed by atoms with Crippen LogP contribution in [0, 0.1) is 0 Å². The summed E-state index contributed by atoms with van der Waals surface area (Å²) in [4.78, 5) is 16.5. The molecule has 0 unspecified atom stereocenters. The monoisotopic (exact) mass is 377 g/mol. The van der Waals surface area contributed by atoms with Crippen LogP contribution >= 0.6 is 0 Å². The van der Waals surface area contributed by atoms with Gasteiger partial charge in [-0.25, -0.2) is 0 Å². The zero-order chi connectivity index (χ0) is 19.6. The van der Waals surface area contributed by atoms with E-state index in [1.165, 1.54) is 24.8 Å². The van der Waals surface area contributed by atoms with Gasteiger partial charge in [-0.3, -0.25) is 9.69 Å². The van der Waals surface area contributed by atoms with Crippen LogP contribution in [0.2, 0.25) is 0 Å². The van der Waals surface area contributed by atoms with Crippen molar-refractivity contribution >= 4 is 11.6 Å². The maximum atomic E-state index is 11.3. The molecular formula is C24H31N3O. The Morgan fingerprint density at radius 3 is 2.64 bits per heavy atom. The number of nitrogens with one attached hydrogen (secondary N) is 1. The topological polar surface area (TPSA) is 35.6 Å². The van der Waals surface area contributed by atoms with Gasteiger partial charge in [0, 0.05) is 44.3 Å². The van der Waals surface area contributed by atoms with Crippen molar-refractivity contribution in [3.63, 3.8) is 0 Å². The molecule has 0 radical (unpaired) electrons. The standard InChI is InChI=1S/C24H31N3O/c1-19(28)25-22-8-5-6-20(18-22)10-15-27-16-12-24(13-17-27)23-9-4-3-7-21(23)11-14-26(24)2/h3-9,18H,10-17H2,1-2H3,(H,25,28). The number of benzene rings is 2. The Hall–Kier alpha value is -2.17. The lowest BCUT2D eigenvalue weighted by Gasteiger charge is -2.51. The van der Waals surface area contributed by atoms with Gasteiger partial charge in [0.2, 0.25) is 5.91 Å². The molecule has 0 aromatic heterocycles. The van der Waals surface area contributed by atoms with Crippen LogP contribution in [0.5, 0.6) is 0 Å². The van der Waals surface area contributed by atoms with Crippen molar-refractivity contribution in [3.8, 4) is 0 Å². The molecular weight excluding hydrogens is 346 g/mol. The van der Waals surface area contributed by atoms with Gasteiger partial charge in [0.1, 0.15) is 0 Å². The first-order valence-electron chi connectivity index (χ1n) is 10.5. The lowest BCUT2D eigenvalue weighted by molar-refractivity contribution is -0.114. The minimum absolute atomic E-state index is 0.0182. The van der Waals surface area contributed by atoms with Crippen LogP contribution in [0.15, 0.2) is 48.5 Å². The van der Waals surface area contributed by atoms with E-state index in [1.807, 2.05) is 12.1 Å². The number of anilines is 1. The summed E-state index contributed by atoms with van der Waals surface area (Å²) >= 11 is 0. The fourth-order valence-corrected chi connectivity index (χ4v) is 4.99. The first-order chi connectivity index (χ1) is 13.6. The molecule has 0 saturated carbocycles. The number of hydrogen-bond donors (Lipinski definition) is 1. The van der Waals surface area contributed by atoms with Gasteiger partial charge in [-0.15, -0.1) is 0 Å². The Bertz CT molecular complexity index is 839. The van der Waals surface area contributed by atoms with Gasteiger partial charge >= 0.3 is 0 Å². The minimum atomic E-state index is -0.0182. The van der Waals surface area contributed by atoms with Gasteiger partial charge in [-0.05, 0) is 61.6 Å². The first-order valence-corrected chi connectivity index (χ1v) is 10.5. The second kappa shape index (κ2) is 8.06. The number of piperidine rings is 1. The van der Waals surface area contributed by atoms with Crippen LogP contribution in [0.3, 0.4) is 0 Å². The van der Waals surface area contributed by atoms with Gasteiger partial charge in [0.15, 0.2) is 0 Å². The van der Waals surface area contributed by atoms with E-state index in [0.29, 0.717) is 0 Å². The summed E-state index contributed by atoms with van der Waals surface area (Å²) in [5.41, 5.74) is 5.50. The van der Waals surface area contributed by atoms with Crippen molar-refractivity contribution in [1.29, 1.82) is 0 Å². The van der Waals surface area contributed by atoms with E-state index in [1.54, 1.807) is 18.1 Å². The second-order valence-electron chi connectivity index (χ2n) is 8.33. The number of rotatable bonds is 4. The molecule has 4 heteroatoms. The highest BCUT2D eigenvalue weighted by atomic mass is 16.1. The highest BCUT2D eigenvalue weighted by Gasteiger charge is 2.42. The van der Waals surface area contributed by atoms with Crippen molar-refractivity contribution in [3.05, 3.63) is 65.2 Å². The van der Waals surface area contributed by atoms with Gasteiger partial charge in [-0.1, -0.05) is 36.4 Å². The van der Waals surface area contributed by atoms with Crippen molar-refractivity contribution in [1.82, 2.24) is 9.80 Å². The molecule has 1 spiro atoms. The fourth-order valence-electron chi connectivity index (χ4n) is 4.99. The van der Waals surface area contributed by atoms with Gasteiger partial charge in [0.25, 0.3) is 0 Å². The molecule has 2 aromatic rings. The maximum absolute atomic E-state index is 11.3. The third-order valence-electron chi connectivity index (χ3n) is 6.61. The quantitative estimate of drug-likeness (QED) is 0.883. The number of amides is 1. The molecule has 2 aliphatic heterocycles. The highest BCUT2D eigenvalue weighted by Crippen LogP contribution is 2.42. The SMILES string of the molecule is CC(=O)Nc1cccc(CCN2CCC3(CC2)c2ccccc2CCN3C)c1. The molecule has 28 heavy (non-hydrogen) atoms. The van der Waals surface area contributed by atoms with Crippen LogP contribution < -0.4 is 5.32 Å². The maximum Gasteiger partial charge on any atom is 0.221 e. The normalized spacial score (nSPS) is 19.4. The van der Waals surface area contributed by atoms with Crippen molar-refractivity contribution in [2.45, 2.75) is 38.1 Å². The Morgan fingerprint density at radius 2 is 1.86 bits per heavy atom. The molecule has 1 N–H and O–H groups in total. The average molecular weight is 378 g/mol. The van der Waals surface area contributed by atoms with Gasteiger partial charge in [-0.2, -0.15) is 0 Å². The van der Waals surface area contributed by atoms with Gasteiger partial charge in [0.05, 0.1) is 0 Å². The average Bonchev–Trinajstić information content (AvgIpc) is 2.70. The van der Waals surface area contributed by atoms with Crippen LogP contribution in [0.1, 0.15) is 36.5 Å². The minimum Gasteiger partial charge on any atom is -0.326 e. The zero-order valence-electron chi connectivity index (χ0n) is 17.1. The third-order valence-corrected chi connectivity index (χ3v) is 6.61. The van der Waals surface area contributed by atoms with Crippen LogP contribution in [-0.4, -0.2) is 48.9 Å². The molecule has 4 rings (SSSR count). The number of carbonyl (C=O) groups excluding carboxylic acids is 1. The molecule has 0 aliphatic carbocycles. The number of nitrogens with zero attached hydrogens (tertiary/aromatic N) is 2. The van der Waals surface area contributed by atoms with E-state index >= 15 is 0 Å². The van der Waals surface area contributed by atoms with Crippen LogP contribution in [0.25, 0.3) is 0 Å². The van der Waals surface area contributed by atoms with Crippen molar-refractivity contribution in [2.24, 2.45) is 0 Å². The predicted octanol–water partition coefficient (Wildman–Crippen LogP) is 3.67. The number of carbonyl (C=O) groups is 1. The number of likely N-dealkylation sites (N-methyl/N-ethyl adjacent to an activating group) is 1. The summed E-state index contributed by atoms with van der Waals surface area (Å²) < 4.78 is 0. The Kier molecular flexibility index (Phi) is 5.51. The molecule has 1 amide bonds. The Labute approximate surface area is 168 Å². The highest BCUT2D eigenvalue weighted by molar-refractivity contribution is 5.88. The van der Waals surface area contributed by atoms with E-state index < -0.39 is 0 Å². The zero-order valence-corrected chi connectivity index (χ0v) is 17.1. The molecule has 0 atom stereocenters. The number of hydrogen-bond acceptors (Lipinski definition) is 3. The van der Waals surface area contributed by atoms with E-state index in [0.717, 1.165) is 38.3 Å². The van der Waals surface area contributed by atoms with Crippen LogP contribution in [0.4, 0.5) is 5.69 Å². The lowest BCUT2D eigenvalue weighted by Crippen LogP contribution is -2.54. The van der Waals surface area contributed by atoms with Crippen molar-refractivity contribution in [2.75, 3.05) is 38.5 Å². The summed E-state index contributed by atoms with van der Waals surface area (Å²) in [6.45, 7) is 6.07. The van der Waals surface area contributed by atoms with Gasteiger partial charge < -0.3 is 10.2 Å². The Balaban J connectivity index is 1.38. The smallest absolute Gasteiger partial charge is 0.221 e. The fraction of sp³-hybridized carbons (Fsp3) is 0.458. The molecule has 2 aromatic carbocycles. The summed E-state index contributed by atoms with van der Waals surface area (Å²) in [5.74, 6) is -0.0182. The van der Waals surface area contributed by atoms with E-state index in [2.05, 4.69) is 58.6 Å². The first kappa shape index (κ1) is 19.2. The summed E-state index contributed by atoms with van der Waals surface area (Å²) in [6.07, 6.45) is 4.59. The number of likely N-dealkylation sites (tertiary alicyclic amines) is 1. The second-order valence-corrected chi connectivity index (χ2v) is 8.33. The summed E-state index contributed by atoms with van der Waals surface area (Å²) in [7, 11) is 2.30. The molecule has 0 bridgehead atoms. The molecule has 1 fully saturated rings. The van der Waals surface area contributed by atoms with Crippen LogP contribution in [-0.2, 0) is 23.2 Å². The Morgan fingerprint density at radius 1 is 1.07 bits per heavy atom. The largest absolute Gasteiger partial charge is 0.326 e. The molecule has 148 valence electrons. The lowest BCUT2D eigenvalue weighted by atomic mass is 9.74. The molecule has 4 nitrogen and oxygen atoms in total. The molecule has 2 aliphatic rings. The summed E-state index contributed by atoms with van der Waals surface area (Å²) in [5, 5.41) is 2.88. The molecule has 1 saturated heterocycles.